The number of rotatable bonds is 5. The van der Waals surface area contributed by atoms with Crippen LogP contribution in [0.25, 0.3) is 0 Å². The molecule has 1 aliphatic heterocycles. The second-order valence-electron chi connectivity index (χ2n) is 5.88. The van der Waals surface area contributed by atoms with Crippen LogP contribution in [0.1, 0.15) is 44.0 Å². The van der Waals surface area contributed by atoms with Crippen molar-refractivity contribution in [3.8, 4) is 0 Å². The second kappa shape index (κ2) is 7.38. The van der Waals surface area contributed by atoms with E-state index in [1.54, 1.807) is 0 Å². The first-order valence-electron chi connectivity index (χ1n) is 7.95. The number of carbonyl (C=O) groups is 1. The normalized spacial score (nSPS) is 18.6. The van der Waals surface area contributed by atoms with Crippen molar-refractivity contribution in [2.24, 2.45) is 5.92 Å². The van der Waals surface area contributed by atoms with Crippen molar-refractivity contribution < 1.29 is 4.79 Å². The smallest absolute Gasteiger partial charge is 0.225 e. The number of carbonyl (C=O) groups excluding carboxylic acids is 1. The van der Waals surface area contributed by atoms with E-state index in [1.165, 1.54) is 0 Å². The van der Waals surface area contributed by atoms with E-state index >= 15 is 0 Å². The van der Waals surface area contributed by atoms with E-state index in [0.717, 1.165) is 62.7 Å². The molecule has 0 unspecified atom stereocenters. The maximum Gasteiger partial charge on any atom is 0.225 e. The third-order valence-corrected chi connectivity index (χ3v) is 3.88. The molecule has 1 aliphatic rings. The monoisotopic (exact) mass is 290 g/mol. The summed E-state index contributed by atoms with van der Waals surface area (Å²) in [6.07, 6.45) is 4.12. The number of nitrogens with zero attached hydrogens (tertiary/aromatic N) is 3. The lowest BCUT2D eigenvalue weighted by molar-refractivity contribution is -0.125. The molecule has 2 rings (SSSR count). The summed E-state index contributed by atoms with van der Waals surface area (Å²) in [4.78, 5) is 23.4. The maximum absolute atomic E-state index is 12.2. The molecule has 0 radical (unpaired) electrons. The van der Waals surface area contributed by atoms with Crippen molar-refractivity contribution in [1.29, 1.82) is 0 Å². The lowest BCUT2D eigenvalue weighted by Gasteiger charge is -2.32. The molecular weight excluding hydrogens is 264 g/mol. The lowest BCUT2D eigenvalue weighted by Crippen LogP contribution is -2.44. The molecule has 1 aromatic rings. The van der Waals surface area contributed by atoms with Gasteiger partial charge >= 0.3 is 0 Å². The average molecular weight is 290 g/mol. The Morgan fingerprint density at radius 1 is 1.38 bits per heavy atom. The van der Waals surface area contributed by atoms with Crippen molar-refractivity contribution in [2.75, 3.05) is 24.5 Å². The van der Waals surface area contributed by atoms with Gasteiger partial charge < -0.3 is 10.2 Å². The van der Waals surface area contributed by atoms with Gasteiger partial charge in [-0.1, -0.05) is 13.3 Å². The van der Waals surface area contributed by atoms with E-state index < -0.39 is 0 Å². The molecule has 0 aromatic carbocycles. The molecule has 0 spiro atoms. The molecular formula is C16H26N4O. The first-order chi connectivity index (χ1) is 10.1. The Morgan fingerprint density at radius 3 is 2.76 bits per heavy atom. The minimum atomic E-state index is 0.0556. The number of piperidine rings is 1. The Bertz CT molecular complexity index is 469. The van der Waals surface area contributed by atoms with E-state index in [4.69, 9.17) is 0 Å². The molecule has 1 atom stereocenters. The number of aryl methyl sites for hydroxylation is 2. The zero-order valence-electron chi connectivity index (χ0n) is 13.4. The molecule has 1 fully saturated rings. The summed E-state index contributed by atoms with van der Waals surface area (Å²) >= 11 is 0. The molecule has 21 heavy (non-hydrogen) atoms. The van der Waals surface area contributed by atoms with E-state index in [1.807, 2.05) is 19.9 Å². The minimum Gasteiger partial charge on any atom is -0.356 e. The largest absolute Gasteiger partial charge is 0.356 e. The van der Waals surface area contributed by atoms with Crippen LogP contribution in [-0.2, 0) is 4.79 Å². The summed E-state index contributed by atoms with van der Waals surface area (Å²) in [5.41, 5.74) is 1.96. The molecule has 1 saturated heterocycles. The van der Waals surface area contributed by atoms with Crippen molar-refractivity contribution in [1.82, 2.24) is 15.3 Å². The van der Waals surface area contributed by atoms with Gasteiger partial charge in [0.2, 0.25) is 11.9 Å². The Kier molecular flexibility index (Phi) is 5.53. The molecule has 1 amide bonds. The molecule has 116 valence electrons. The van der Waals surface area contributed by atoms with Crippen molar-refractivity contribution in [3.05, 3.63) is 17.5 Å². The Labute approximate surface area is 127 Å². The second-order valence-corrected chi connectivity index (χ2v) is 5.88. The van der Waals surface area contributed by atoms with Gasteiger partial charge in [-0.3, -0.25) is 4.79 Å². The van der Waals surface area contributed by atoms with Gasteiger partial charge in [0, 0.05) is 31.0 Å². The SMILES string of the molecule is CCCCNC(=O)[C@@H]1CCCN(c2nc(C)cc(C)n2)C1. The first-order valence-corrected chi connectivity index (χ1v) is 7.95. The van der Waals surface area contributed by atoms with Crippen LogP contribution in [0.4, 0.5) is 5.95 Å². The van der Waals surface area contributed by atoms with Crippen LogP contribution >= 0.6 is 0 Å². The van der Waals surface area contributed by atoms with Gasteiger partial charge in [0.1, 0.15) is 0 Å². The summed E-state index contributed by atoms with van der Waals surface area (Å²) in [6.45, 7) is 8.54. The van der Waals surface area contributed by atoms with E-state index in [-0.39, 0.29) is 11.8 Å². The number of nitrogens with one attached hydrogen (secondary N) is 1. The van der Waals surface area contributed by atoms with Crippen LogP contribution in [0, 0.1) is 19.8 Å². The molecule has 5 nitrogen and oxygen atoms in total. The number of aromatic nitrogens is 2. The summed E-state index contributed by atoms with van der Waals surface area (Å²) < 4.78 is 0. The number of unbranched alkanes of at least 4 members (excludes halogenated alkanes) is 1. The number of anilines is 1. The van der Waals surface area contributed by atoms with Crippen molar-refractivity contribution >= 4 is 11.9 Å². The van der Waals surface area contributed by atoms with Crippen molar-refractivity contribution in [3.63, 3.8) is 0 Å². The third-order valence-electron chi connectivity index (χ3n) is 3.88. The standard InChI is InChI=1S/C16H26N4O/c1-4-5-8-17-15(21)14-7-6-9-20(11-14)16-18-12(2)10-13(3)19-16/h10,14H,4-9,11H2,1-3H3,(H,17,21)/t14-/m1/s1. The van der Waals surface area contributed by atoms with Gasteiger partial charge in [0.25, 0.3) is 0 Å². The van der Waals surface area contributed by atoms with E-state index in [9.17, 15) is 4.79 Å². The van der Waals surface area contributed by atoms with Crippen LogP contribution in [0.5, 0.6) is 0 Å². The summed E-state index contributed by atoms with van der Waals surface area (Å²) in [6, 6.07) is 1.97. The fraction of sp³-hybridized carbons (Fsp3) is 0.688. The molecule has 0 saturated carbocycles. The van der Waals surface area contributed by atoms with Gasteiger partial charge in [0.15, 0.2) is 0 Å². The van der Waals surface area contributed by atoms with E-state index in [2.05, 4.69) is 27.1 Å². The number of hydrogen-bond acceptors (Lipinski definition) is 4. The van der Waals surface area contributed by atoms with Crippen LogP contribution in [0.3, 0.4) is 0 Å². The lowest BCUT2D eigenvalue weighted by atomic mass is 9.97. The third kappa shape index (κ3) is 4.41. The highest BCUT2D eigenvalue weighted by molar-refractivity contribution is 5.79. The zero-order valence-corrected chi connectivity index (χ0v) is 13.4. The molecule has 0 bridgehead atoms. The van der Waals surface area contributed by atoms with Crippen LogP contribution in [0.2, 0.25) is 0 Å². The Morgan fingerprint density at radius 2 is 2.10 bits per heavy atom. The van der Waals surface area contributed by atoms with Gasteiger partial charge in [-0.15, -0.1) is 0 Å². The summed E-state index contributed by atoms with van der Waals surface area (Å²) in [7, 11) is 0. The number of amides is 1. The van der Waals surface area contributed by atoms with Gasteiger partial charge in [-0.25, -0.2) is 9.97 Å². The van der Waals surface area contributed by atoms with Crippen LogP contribution in [0.15, 0.2) is 6.07 Å². The minimum absolute atomic E-state index is 0.0556. The predicted octanol–water partition coefficient (Wildman–Crippen LogP) is 2.23. The zero-order chi connectivity index (χ0) is 15.2. The van der Waals surface area contributed by atoms with Gasteiger partial charge in [-0.2, -0.15) is 0 Å². The number of hydrogen-bond donors (Lipinski definition) is 1. The molecule has 0 aliphatic carbocycles. The van der Waals surface area contributed by atoms with E-state index in [0.29, 0.717) is 0 Å². The molecule has 1 aromatic heterocycles. The average Bonchev–Trinajstić information content (AvgIpc) is 2.46. The molecule has 2 heterocycles. The van der Waals surface area contributed by atoms with Gasteiger partial charge in [-0.05, 0) is 39.2 Å². The van der Waals surface area contributed by atoms with Crippen molar-refractivity contribution in [2.45, 2.75) is 46.5 Å². The van der Waals surface area contributed by atoms with Gasteiger partial charge in [0.05, 0.1) is 5.92 Å². The quantitative estimate of drug-likeness (QED) is 0.845. The fourth-order valence-electron chi connectivity index (χ4n) is 2.75. The Balaban J connectivity index is 1.98. The topological polar surface area (TPSA) is 58.1 Å². The highest BCUT2D eigenvalue weighted by Gasteiger charge is 2.27. The summed E-state index contributed by atoms with van der Waals surface area (Å²) in [5, 5.41) is 3.04. The molecule has 5 heteroatoms. The fourth-order valence-corrected chi connectivity index (χ4v) is 2.75. The first kappa shape index (κ1) is 15.7. The maximum atomic E-state index is 12.2. The Hall–Kier alpha value is -1.65. The molecule has 1 N–H and O–H groups in total. The predicted molar refractivity (Wildman–Crippen MR) is 84.4 cm³/mol. The summed E-state index contributed by atoms with van der Waals surface area (Å²) in [5.74, 6) is 0.996. The van der Waals surface area contributed by atoms with Crippen LogP contribution in [-0.4, -0.2) is 35.5 Å². The highest BCUT2D eigenvalue weighted by atomic mass is 16.1. The highest BCUT2D eigenvalue weighted by Crippen LogP contribution is 2.21. The van der Waals surface area contributed by atoms with Crippen LogP contribution < -0.4 is 10.2 Å².